The van der Waals surface area contributed by atoms with Gasteiger partial charge in [-0.1, -0.05) is 6.07 Å². The highest BCUT2D eigenvalue weighted by molar-refractivity contribution is 5.76. The van der Waals surface area contributed by atoms with E-state index in [9.17, 15) is 9.18 Å². The maximum atomic E-state index is 13.1. The zero-order valence-corrected chi connectivity index (χ0v) is 18.5. The van der Waals surface area contributed by atoms with Crippen molar-refractivity contribution in [1.29, 1.82) is 0 Å². The van der Waals surface area contributed by atoms with Crippen LogP contribution in [-0.2, 0) is 22.5 Å². The molecule has 33 heavy (non-hydrogen) atoms. The van der Waals surface area contributed by atoms with Crippen LogP contribution in [0.5, 0.6) is 11.5 Å². The van der Waals surface area contributed by atoms with Crippen molar-refractivity contribution < 1.29 is 27.8 Å². The Labute approximate surface area is 191 Å². The van der Waals surface area contributed by atoms with Gasteiger partial charge in [-0.2, -0.15) is 0 Å². The maximum absolute atomic E-state index is 13.1. The predicted molar refractivity (Wildman–Crippen MR) is 120 cm³/mol. The van der Waals surface area contributed by atoms with Gasteiger partial charge in [0.05, 0.1) is 19.4 Å². The van der Waals surface area contributed by atoms with Gasteiger partial charge in [-0.05, 0) is 54.8 Å². The van der Waals surface area contributed by atoms with E-state index >= 15 is 0 Å². The van der Waals surface area contributed by atoms with Crippen molar-refractivity contribution in [3.05, 3.63) is 65.9 Å². The van der Waals surface area contributed by atoms with Crippen LogP contribution in [0.4, 0.5) is 4.39 Å². The normalized spacial score (nSPS) is 15.4. The van der Waals surface area contributed by atoms with E-state index in [1.807, 2.05) is 18.2 Å². The quantitative estimate of drug-likeness (QED) is 0.492. The van der Waals surface area contributed by atoms with Gasteiger partial charge in [0.2, 0.25) is 5.91 Å². The largest absolute Gasteiger partial charge is 0.493 e. The number of hydrogen-bond donors (Lipinski definition) is 1. The van der Waals surface area contributed by atoms with Gasteiger partial charge in [0.15, 0.2) is 23.1 Å². The molecule has 1 fully saturated rings. The first-order valence-electron chi connectivity index (χ1n) is 11.0. The number of amides is 1. The number of halogens is 1. The molecule has 0 bridgehead atoms. The molecule has 1 aliphatic heterocycles. The number of aromatic nitrogens is 1. The standard InChI is InChI=1S/C25H27FN2O5/c1-30-22-13-17(4-9-21(22)32-16-20-3-2-12-31-20)14-27-24(29)10-11-25-28-15-23(33-25)18-5-7-19(26)8-6-18/h4-9,13,15,20H,2-3,10-12,14,16H2,1H3,(H,27,29). The minimum Gasteiger partial charge on any atom is -0.493 e. The smallest absolute Gasteiger partial charge is 0.220 e. The third-order valence-corrected chi connectivity index (χ3v) is 5.41. The SMILES string of the molecule is COc1cc(CNC(=O)CCc2ncc(-c3ccc(F)cc3)o2)ccc1OCC1CCCO1. The summed E-state index contributed by atoms with van der Waals surface area (Å²) in [6, 6.07) is 11.6. The molecule has 0 saturated carbocycles. The number of rotatable bonds is 10. The van der Waals surface area contributed by atoms with Crippen LogP contribution in [0.1, 0.15) is 30.7 Å². The monoisotopic (exact) mass is 454 g/mol. The van der Waals surface area contributed by atoms with Crippen LogP contribution in [0, 0.1) is 5.82 Å². The number of hydrogen-bond acceptors (Lipinski definition) is 6. The van der Waals surface area contributed by atoms with Gasteiger partial charge in [-0.15, -0.1) is 0 Å². The average Bonchev–Trinajstić information content (AvgIpc) is 3.53. The van der Waals surface area contributed by atoms with Crippen molar-refractivity contribution in [3.8, 4) is 22.8 Å². The minimum absolute atomic E-state index is 0.116. The van der Waals surface area contributed by atoms with E-state index < -0.39 is 0 Å². The first kappa shape index (κ1) is 22.8. The zero-order valence-electron chi connectivity index (χ0n) is 18.5. The van der Waals surface area contributed by atoms with Crippen LogP contribution in [0.2, 0.25) is 0 Å². The molecule has 3 aromatic rings. The van der Waals surface area contributed by atoms with E-state index in [0.717, 1.165) is 30.6 Å². The Morgan fingerprint density at radius 1 is 1.21 bits per heavy atom. The lowest BCUT2D eigenvalue weighted by Gasteiger charge is -2.15. The molecule has 1 saturated heterocycles. The van der Waals surface area contributed by atoms with Crippen LogP contribution >= 0.6 is 0 Å². The number of carbonyl (C=O) groups is 1. The Balaban J connectivity index is 1.24. The Bertz CT molecular complexity index is 1060. The van der Waals surface area contributed by atoms with Gasteiger partial charge < -0.3 is 23.9 Å². The Morgan fingerprint density at radius 3 is 2.82 bits per heavy atom. The summed E-state index contributed by atoms with van der Waals surface area (Å²) < 4.78 is 35.6. The molecular weight excluding hydrogens is 427 g/mol. The van der Waals surface area contributed by atoms with Gasteiger partial charge in [0, 0.05) is 31.6 Å². The lowest BCUT2D eigenvalue weighted by Crippen LogP contribution is -2.23. The molecule has 1 aromatic heterocycles. The molecule has 8 heteroatoms. The van der Waals surface area contributed by atoms with Crippen molar-refractivity contribution in [2.75, 3.05) is 20.3 Å². The summed E-state index contributed by atoms with van der Waals surface area (Å²) >= 11 is 0. The molecular formula is C25H27FN2O5. The number of oxazole rings is 1. The molecule has 7 nitrogen and oxygen atoms in total. The van der Waals surface area contributed by atoms with E-state index in [1.165, 1.54) is 12.1 Å². The van der Waals surface area contributed by atoms with Crippen molar-refractivity contribution in [2.24, 2.45) is 0 Å². The number of aryl methyl sites for hydroxylation is 1. The van der Waals surface area contributed by atoms with Crippen molar-refractivity contribution >= 4 is 5.91 Å². The minimum atomic E-state index is -0.311. The molecule has 2 aromatic carbocycles. The molecule has 0 radical (unpaired) electrons. The van der Waals surface area contributed by atoms with E-state index in [0.29, 0.717) is 42.7 Å². The first-order chi connectivity index (χ1) is 16.1. The van der Waals surface area contributed by atoms with E-state index in [-0.39, 0.29) is 24.2 Å². The molecule has 1 amide bonds. The molecule has 1 atom stereocenters. The van der Waals surface area contributed by atoms with Crippen LogP contribution in [0.3, 0.4) is 0 Å². The van der Waals surface area contributed by atoms with Gasteiger partial charge in [-0.25, -0.2) is 9.37 Å². The average molecular weight is 454 g/mol. The molecule has 174 valence electrons. The lowest BCUT2D eigenvalue weighted by molar-refractivity contribution is -0.121. The van der Waals surface area contributed by atoms with Gasteiger partial charge in [-0.3, -0.25) is 4.79 Å². The van der Waals surface area contributed by atoms with Crippen molar-refractivity contribution in [3.63, 3.8) is 0 Å². The van der Waals surface area contributed by atoms with Gasteiger partial charge in [0.25, 0.3) is 0 Å². The van der Waals surface area contributed by atoms with E-state index in [1.54, 1.807) is 25.4 Å². The molecule has 1 aliphatic rings. The lowest BCUT2D eigenvalue weighted by atomic mass is 10.2. The molecule has 1 N–H and O–H groups in total. The summed E-state index contributed by atoms with van der Waals surface area (Å²) in [5, 5.41) is 2.90. The summed E-state index contributed by atoms with van der Waals surface area (Å²) in [7, 11) is 1.59. The van der Waals surface area contributed by atoms with Crippen LogP contribution < -0.4 is 14.8 Å². The fraction of sp³-hybridized carbons (Fsp3) is 0.360. The predicted octanol–water partition coefficient (Wildman–Crippen LogP) is 4.30. The fourth-order valence-corrected chi connectivity index (χ4v) is 3.58. The van der Waals surface area contributed by atoms with Crippen LogP contribution in [0.25, 0.3) is 11.3 Å². The van der Waals surface area contributed by atoms with Crippen molar-refractivity contribution in [2.45, 2.75) is 38.3 Å². The third kappa shape index (κ3) is 6.32. The topological polar surface area (TPSA) is 82.8 Å². The molecule has 2 heterocycles. The maximum Gasteiger partial charge on any atom is 0.220 e. The number of methoxy groups -OCH3 is 1. The van der Waals surface area contributed by atoms with E-state index in [4.69, 9.17) is 18.6 Å². The summed E-state index contributed by atoms with van der Waals surface area (Å²) in [4.78, 5) is 16.5. The number of nitrogens with zero attached hydrogens (tertiary/aromatic N) is 1. The third-order valence-electron chi connectivity index (χ3n) is 5.41. The van der Waals surface area contributed by atoms with Crippen LogP contribution in [0.15, 0.2) is 53.1 Å². The van der Waals surface area contributed by atoms with E-state index in [2.05, 4.69) is 10.3 Å². The molecule has 0 aliphatic carbocycles. The second kappa shape index (κ2) is 11.0. The number of ether oxygens (including phenoxy) is 3. The van der Waals surface area contributed by atoms with Gasteiger partial charge in [0.1, 0.15) is 12.4 Å². The summed E-state index contributed by atoms with van der Waals surface area (Å²) in [6.45, 7) is 1.65. The number of benzene rings is 2. The summed E-state index contributed by atoms with van der Waals surface area (Å²) in [5.41, 5.74) is 1.64. The second-order valence-electron chi connectivity index (χ2n) is 7.83. The molecule has 0 spiro atoms. The highest BCUT2D eigenvalue weighted by Crippen LogP contribution is 2.29. The zero-order chi connectivity index (χ0) is 23.0. The molecule has 4 rings (SSSR count). The molecule has 1 unspecified atom stereocenters. The highest BCUT2D eigenvalue weighted by Gasteiger charge is 2.17. The summed E-state index contributed by atoms with van der Waals surface area (Å²) in [5.74, 6) is 1.85. The Hall–Kier alpha value is -3.39. The first-order valence-corrected chi connectivity index (χ1v) is 11.0. The Morgan fingerprint density at radius 2 is 2.06 bits per heavy atom. The van der Waals surface area contributed by atoms with Crippen LogP contribution in [-0.4, -0.2) is 37.3 Å². The second-order valence-corrected chi connectivity index (χ2v) is 7.83. The summed E-state index contributed by atoms with van der Waals surface area (Å²) in [6.07, 6.45) is 4.39. The van der Waals surface area contributed by atoms with Crippen molar-refractivity contribution in [1.82, 2.24) is 10.3 Å². The fourth-order valence-electron chi connectivity index (χ4n) is 3.58. The highest BCUT2D eigenvalue weighted by atomic mass is 19.1. The number of carbonyl (C=O) groups excluding carboxylic acids is 1. The Kier molecular flexibility index (Phi) is 7.57. The number of nitrogens with one attached hydrogen (secondary N) is 1. The van der Waals surface area contributed by atoms with Gasteiger partial charge >= 0.3 is 0 Å².